The van der Waals surface area contributed by atoms with Crippen LogP contribution in [0.15, 0.2) is 0 Å². The molecule has 0 radical (unpaired) electrons. The third kappa shape index (κ3) is 4.67. The third-order valence-corrected chi connectivity index (χ3v) is 2.59. The molecule has 2 nitrogen and oxygen atoms in total. The molecule has 0 aromatic carbocycles. The van der Waals surface area contributed by atoms with E-state index in [4.69, 9.17) is 0 Å². The lowest BCUT2D eigenvalue weighted by Crippen LogP contribution is -2.44. The van der Waals surface area contributed by atoms with Crippen molar-refractivity contribution in [1.29, 1.82) is 0 Å². The van der Waals surface area contributed by atoms with E-state index in [1.807, 2.05) is 39.5 Å². The van der Waals surface area contributed by atoms with Gasteiger partial charge in [-0.1, -0.05) is 41.5 Å². The molecule has 0 bridgehead atoms. The Kier molecular flexibility index (Phi) is 5.92. The van der Waals surface area contributed by atoms with Gasteiger partial charge in [0.15, 0.2) is 0 Å². The Balaban J connectivity index is 0.000000921. The van der Waals surface area contributed by atoms with E-state index in [1.54, 1.807) is 0 Å². The van der Waals surface area contributed by atoms with Gasteiger partial charge in [-0.05, 0) is 18.8 Å². The molecule has 0 saturated carbocycles. The summed E-state index contributed by atoms with van der Waals surface area (Å²) in [6.07, 6.45) is 2.44. The van der Waals surface area contributed by atoms with E-state index in [-0.39, 0.29) is 5.41 Å². The van der Waals surface area contributed by atoms with Crippen molar-refractivity contribution in [3.05, 3.63) is 0 Å². The van der Waals surface area contributed by atoms with E-state index in [9.17, 15) is 4.79 Å². The molecular formula is C13H27NO. The second-order valence-electron chi connectivity index (χ2n) is 5.25. The number of nitrogens with zero attached hydrogens (tertiary/aromatic N) is 1. The minimum atomic E-state index is -0.211. The molecule has 0 aromatic heterocycles. The van der Waals surface area contributed by atoms with E-state index < -0.39 is 0 Å². The molecule has 0 aliphatic carbocycles. The highest BCUT2D eigenvalue weighted by Crippen LogP contribution is 2.22. The highest BCUT2D eigenvalue weighted by molar-refractivity contribution is 5.81. The molecule has 1 saturated heterocycles. The van der Waals surface area contributed by atoms with Crippen molar-refractivity contribution in [3.63, 3.8) is 0 Å². The first-order valence-electron chi connectivity index (χ1n) is 6.20. The number of rotatable bonds is 0. The Morgan fingerprint density at radius 3 is 2.20 bits per heavy atom. The zero-order chi connectivity index (χ0) is 12.1. The van der Waals surface area contributed by atoms with Crippen LogP contribution in [-0.4, -0.2) is 23.9 Å². The van der Waals surface area contributed by atoms with Gasteiger partial charge in [-0.2, -0.15) is 0 Å². The number of hydrogen-bond donors (Lipinski definition) is 0. The molecule has 1 aliphatic rings. The quantitative estimate of drug-likeness (QED) is 0.604. The molecule has 1 amide bonds. The van der Waals surface area contributed by atoms with Gasteiger partial charge < -0.3 is 4.90 Å². The van der Waals surface area contributed by atoms with Crippen LogP contribution in [0.3, 0.4) is 0 Å². The Hall–Kier alpha value is -0.530. The summed E-state index contributed by atoms with van der Waals surface area (Å²) in [4.78, 5) is 13.9. The maximum Gasteiger partial charge on any atom is 0.227 e. The van der Waals surface area contributed by atoms with Crippen LogP contribution >= 0.6 is 0 Å². The Morgan fingerprint density at radius 1 is 1.27 bits per heavy atom. The van der Waals surface area contributed by atoms with Crippen molar-refractivity contribution in [1.82, 2.24) is 4.90 Å². The van der Waals surface area contributed by atoms with E-state index in [0.29, 0.717) is 11.8 Å². The highest BCUT2D eigenvalue weighted by atomic mass is 16.2. The molecule has 1 heterocycles. The summed E-state index contributed by atoms with van der Waals surface area (Å²) >= 11 is 0. The topological polar surface area (TPSA) is 20.3 Å². The van der Waals surface area contributed by atoms with E-state index >= 15 is 0 Å². The van der Waals surface area contributed by atoms with Crippen LogP contribution in [0.25, 0.3) is 0 Å². The lowest BCUT2D eigenvalue weighted by atomic mass is 9.92. The summed E-state index contributed by atoms with van der Waals surface area (Å²) < 4.78 is 0. The molecule has 2 heteroatoms. The van der Waals surface area contributed by atoms with Crippen molar-refractivity contribution in [2.24, 2.45) is 11.3 Å². The first-order valence-corrected chi connectivity index (χ1v) is 6.20. The van der Waals surface area contributed by atoms with Crippen LogP contribution in [0, 0.1) is 11.3 Å². The van der Waals surface area contributed by atoms with Crippen LogP contribution in [0.5, 0.6) is 0 Å². The minimum Gasteiger partial charge on any atom is -0.342 e. The number of amides is 1. The maximum atomic E-state index is 11.9. The molecule has 1 aliphatic heterocycles. The van der Waals surface area contributed by atoms with Gasteiger partial charge in [-0.25, -0.2) is 0 Å². The van der Waals surface area contributed by atoms with Gasteiger partial charge in [-0.3, -0.25) is 4.79 Å². The molecule has 0 spiro atoms. The van der Waals surface area contributed by atoms with Gasteiger partial charge in [0.2, 0.25) is 5.91 Å². The highest BCUT2D eigenvalue weighted by Gasteiger charge is 2.29. The van der Waals surface area contributed by atoms with Crippen molar-refractivity contribution in [2.75, 3.05) is 13.1 Å². The number of hydrogen-bond acceptors (Lipinski definition) is 1. The average Bonchev–Trinajstić information content (AvgIpc) is 2.18. The van der Waals surface area contributed by atoms with Crippen molar-refractivity contribution < 1.29 is 4.79 Å². The molecule has 0 aromatic rings. The van der Waals surface area contributed by atoms with Gasteiger partial charge in [0.05, 0.1) is 0 Å². The first-order chi connectivity index (χ1) is 6.91. The zero-order valence-electron chi connectivity index (χ0n) is 11.3. The van der Waals surface area contributed by atoms with Gasteiger partial charge in [0.1, 0.15) is 0 Å². The van der Waals surface area contributed by atoms with E-state index in [0.717, 1.165) is 13.1 Å². The normalized spacial score (nSPS) is 21.7. The van der Waals surface area contributed by atoms with Crippen LogP contribution in [-0.2, 0) is 4.79 Å². The summed E-state index contributed by atoms with van der Waals surface area (Å²) in [5.74, 6) is 0.985. The molecule has 0 N–H and O–H groups in total. The molecule has 90 valence electrons. The second kappa shape index (κ2) is 6.14. The maximum absolute atomic E-state index is 11.9. The van der Waals surface area contributed by atoms with Gasteiger partial charge in [-0.15, -0.1) is 0 Å². The largest absolute Gasteiger partial charge is 0.342 e. The number of likely N-dealkylation sites (tertiary alicyclic amines) is 1. The van der Waals surface area contributed by atoms with E-state index in [2.05, 4.69) is 6.92 Å². The fraction of sp³-hybridized carbons (Fsp3) is 0.923. The van der Waals surface area contributed by atoms with Gasteiger partial charge in [0, 0.05) is 18.5 Å². The fourth-order valence-electron chi connectivity index (χ4n) is 1.85. The predicted molar refractivity (Wildman–Crippen MR) is 65.8 cm³/mol. The van der Waals surface area contributed by atoms with Crippen LogP contribution < -0.4 is 0 Å². The average molecular weight is 213 g/mol. The first kappa shape index (κ1) is 14.5. The number of carbonyl (C=O) groups is 1. The van der Waals surface area contributed by atoms with Crippen molar-refractivity contribution >= 4 is 5.91 Å². The SMILES string of the molecule is CC.CC1CCCN(C(=O)C(C)(C)C)C1. The third-order valence-electron chi connectivity index (χ3n) is 2.59. The smallest absolute Gasteiger partial charge is 0.227 e. The van der Waals surface area contributed by atoms with Gasteiger partial charge >= 0.3 is 0 Å². The molecule has 1 atom stereocenters. The number of piperidine rings is 1. The predicted octanol–water partition coefficient (Wildman–Crippen LogP) is 3.32. The summed E-state index contributed by atoms with van der Waals surface area (Å²) in [5.41, 5.74) is -0.211. The van der Waals surface area contributed by atoms with E-state index in [1.165, 1.54) is 12.8 Å². The monoisotopic (exact) mass is 213 g/mol. The second-order valence-corrected chi connectivity index (χ2v) is 5.25. The Bertz CT molecular complexity index is 193. The number of carbonyl (C=O) groups excluding carboxylic acids is 1. The fourth-order valence-corrected chi connectivity index (χ4v) is 1.85. The summed E-state index contributed by atoms with van der Waals surface area (Å²) in [5, 5.41) is 0. The lowest BCUT2D eigenvalue weighted by molar-refractivity contribution is -0.141. The standard InChI is InChI=1S/C11H21NO.C2H6/c1-9-6-5-7-12(8-9)10(13)11(2,3)4;1-2/h9H,5-8H2,1-4H3;1-2H3. The lowest BCUT2D eigenvalue weighted by Gasteiger charge is -2.35. The van der Waals surface area contributed by atoms with Gasteiger partial charge in [0.25, 0.3) is 0 Å². The molecule has 15 heavy (non-hydrogen) atoms. The summed E-state index contributed by atoms with van der Waals surface area (Å²) in [6, 6.07) is 0. The molecule has 1 unspecified atom stereocenters. The van der Waals surface area contributed by atoms with Crippen molar-refractivity contribution in [3.8, 4) is 0 Å². The van der Waals surface area contributed by atoms with Crippen LogP contribution in [0.4, 0.5) is 0 Å². The zero-order valence-corrected chi connectivity index (χ0v) is 11.3. The molecule has 1 fully saturated rings. The van der Waals surface area contributed by atoms with Crippen LogP contribution in [0.2, 0.25) is 0 Å². The van der Waals surface area contributed by atoms with Crippen molar-refractivity contribution in [2.45, 2.75) is 54.4 Å². The Morgan fingerprint density at radius 2 is 1.80 bits per heavy atom. The molecule has 1 rings (SSSR count). The molecular weight excluding hydrogens is 186 g/mol. The summed E-state index contributed by atoms with van der Waals surface area (Å²) in [6.45, 7) is 14.1. The summed E-state index contributed by atoms with van der Waals surface area (Å²) in [7, 11) is 0. The van der Waals surface area contributed by atoms with Crippen LogP contribution in [0.1, 0.15) is 54.4 Å². The minimum absolute atomic E-state index is 0.211. The Labute approximate surface area is 95.0 Å².